The molecule has 0 spiro atoms. The molecule has 0 bridgehead atoms. The zero-order chi connectivity index (χ0) is 43.1. The molecule has 14 heteroatoms. The summed E-state index contributed by atoms with van der Waals surface area (Å²) in [5, 5.41) is 15.9. The zero-order valence-corrected chi connectivity index (χ0v) is 34.6. The molecule has 0 radical (unpaired) electrons. The van der Waals surface area contributed by atoms with E-state index in [1.54, 1.807) is 12.1 Å². The van der Waals surface area contributed by atoms with Crippen molar-refractivity contribution in [3.63, 3.8) is 0 Å². The number of carboxylic acids is 1. The van der Waals surface area contributed by atoms with Crippen LogP contribution in [0.3, 0.4) is 0 Å². The standard InChI is InChI=1S/C44H54N4O4S.C2HF3O2/c45-53(51,52)42-20-18-37(19-21-42)32-48(43(49)17-6-12-34-8-2-1-3-9-34)33-38-13-5-14-39(30-38)40-15-7-16-41(31-40)44(50)47-28-24-36(25-29-47)11-4-10-35-22-26-46-27-23-35;3-2(4,5)1(6)7/h1-3,5,7-9,13-16,18-21,30-31,35-36,46H,4,6,10-12,17,22-29,32-33H2,(H2,45,51,52);(H,6,7). The number of amides is 2. The third-order valence-electron chi connectivity index (χ3n) is 11.2. The summed E-state index contributed by atoms with van der Waals surface area (Å²) in [7, 11) is -3.81. The summed E-state index contributed by atoms with van der Waals surface area (Å²) in [4.78, 5) is 40.1. The molecule has 2 aliphatic heterocycles. The monoisotopic (exact) mass is 848 g/mol. The number of piperidine rings is 2. The lowest BCUT2D eigenvalue weighted by atomic mass is 9.87. The Kier molecular flexibility index (Phi) is 16.9. The van der Waals surface area contributed by atoms with Crippen molar-refractivity contribution in [1.29, 1.82) is 0 Å². The van der Waals surface area contributed by atoms with Crippen LogP contribution in [0.15, 0.2) is 108 Å². The number of carbonyl (C=O) groups is 3. The number of likely N-dealkylation sites (tertiary alicyclic amines) is 1. The van der Waals surface area contributed by atoms with Gasteiger partial charge in [-0.25, -0.2) is 18.4 Å². The molecule has 60 heavy (non-hydrogen) atoms. The predicted molar refractivity (Wildman–Crippen MR) is 225 cm³/mol. The maximum atomic E-state index is 13.7. The lowest BCUT2D eigenvalue weighted by Gasteiger charge is -2.32. The molecule has 2 heterocycles. The van der Waals surface area contributed by atoms with Crippen LogP contribution in [0.4, 0.5) is 13.2 Å². The number of benzene rings is 4. The van der Waals surface area contributed by atoms with Crippen LogP contribution in [0.1, 0.15) is 84.8 Å². The van der Waals surface area contributed by atoms with Gasteiger partial charge in [-0.1, -0.05) is 92.1 Å². The highest BCUT2D eigenvalue weighted by molar-refractivity contribution is 7.89. The van der Waals surface area contributed by atoms with E-state index < -0.39 is 22.2 Å². The molecule has 2 fully saturated rings. The molecule has 0 saturated carbocycles. The van der Waals surface area contributed by atoms with Crippen LogP contribution in [0, 0.1) is 11.8 Å². The fourth-order valence-electron chi connectivity index (χ4n) is 7.86. The number of primary sulfonamides is 1. The minimum Gasteiger partial charge on any atom is -0.475 e. The first-order valence-corrected chi connectivity index (χ1v) is 22.1. The lowest BCUT2D eigenvalue weighted by molar-refractivity contribution is -0.192. The minimum absolute atomic E-state index is 0.0278. The molecule has 0 atom stereocenters. The number of alkyl halides is 3. The van der Waals surface area contributed by atoms with Crippen molar-refractivity contribution < 1.29 is 41.1 Å². The number of hydrogen-bond donors (Lipinski definition) is 3. The van der Waals surface area contributed by atoms with E-state index in [0.717, 1.165) is 80.0 Å². The predicted octanol–water partition coefficient (Wildman–Crippen LogP) is 8.21. The van der Waals surface area contributed by atoms with Crippen LogP contribution in [0.2, 0.25) is 0 Å². The van der Waals surface area contributed by atoms with Gasteiger partial charge in [0.1, 0.15) is 0 Å². The number of aliphatic carboxylic acids is 1. The van der Waals surface area contributed by atoms with Crippen LogP contribution in [-0.4, -0.2) is 73.5 Å². The molecule has 322 valence electrons. The smallest absolute Gasteiger partial charge is 0.475 e. The lowest BCUT2D eigenvalue weighted by Crippen LogP contribution is -2.38. The Morgan fingerprint density at radius 3 is 1.92 bits per heavy atom. The molecule has 0 aliphatic carbocycles. The van der Waals surface area contributed by atoms with E-state index in [0.29, 0.717) is 31.0 Å². The Morgan fingerprint density at radius 2 is 1.30 bits per heavy atom. The Labute approximate surface area is 351 Å². The summed E-state index contributed by atoms with van der Waals surface area (Å²) < 4.78 is 55.4. The summed E-state index contributed by atoms with van der Waals surface area (Å²) in [6, 6.07) is 32.6. The number of rotatable bonds is 15. The number of nitrogens with two attached hydrogens (primary N) is 1. The first-order chi connectivity index (χ1) is 28.7. The normalized spacial score (nSPS) is 15.2. The average molecular weight is 849 g/mol. The number of nitrogens with zero attached hydrogens (tertiary/aromatic N) is 2. The van der Waals surface area contributed by atoms with Crippen LogP contribution >= 0.6 is 0 Å². The molecule has 4 aromatic carbocycles. The van der Waals surface area contributed by atoms with Gasteiger partial charge in [0.2, 0.25) is 15.9 Å². The van der Waals surface area contributed by atoms with Crippen LogP contribution < -0.4 is 10.5 Å². The van der Waals surface area contributed by atoms with Crippen molar-refractivity contribution in [3.05, 3.63) is 125 Å². The topological polar surface area (TPSA) is 150 Å². The van der Waals surface area contributed by atoms with Crippen molar-refractivity contribution in [2.75, 3.05) is 26.2 Å². The highest BCUT2D eigenvalue weighted by Crippen LogP contribution is 2.28. The Hall–Kier alpha value is -5.05. The van der Waals surface area contributed by atoms with Gasteiger partial charge >= 0.3 is 12.1 Å². The second-order valence-corrected chi connectivity index (χ2v) is 17.3. The maximum absolute atomic E-state index is 13.7. The maximum Gasteiger partial charge on any atom is 0.490 e. The van der Waals surface area contributed by atoms with Crippen molar-refractivity contribution in [2.24, 2.45) is 17.0 Å². The molecule has 2 amide bonds. The number of carbonyl (C=O) groups excluding carboxylic acids is 2. The minimum atomic E-state index is -5.08. The summed E-state index contributed by atoms with van der Waals surface area (Å²) in [6.45, 7) is 4.68. The van der Waals surface area contributed by atoms with Crippen molar-refractivity contribution in [1.82, 2.24) is 15.1 Å². The summed E-state index contributed by atoms with van der Waals surface area (Å²) >= 11 is 0. The summed E-state index contributed by atoms with van der Waals surface area (Å²) in [5.74, 6) is -1.04. The zero-order valence-electron chi connectivity index (χ0n) is 33.8. The number of carboxylic acid groups (broad SMARTS) is 1. The van der Waals surface area contributed by atoms with E-state index in [1.807, 2.05) is 70.5 Å². The van der Waals surface area contributed by atoms with E-state index in [1.165, 1.54) is 49.8 Å². The van der Waals surface area contributed by atoms with E-state index in [9.17, 15) is 31.2 Å². The SMILES string of the molecule is NS(=O)(=O)c1ccc(CN(Cc2cccc(-c3cccc(C(=O)N4CCC(CCCC5CCNCC5)CC4)c3)c2)C(=O)CCCc2ccccc2)cc1.O=C(O)C(F)(F)F. The Balaban J connectivity index is 0.000000896. The molecular formula is C46H55F3N4O6S. The van der Waals surface area contributed by atoms with Gasteiger partial charge < -0.3 is 20.2 Å². The van der Waals surface area contributed by atoms with E-state index in [-0.39, 0.29) is 16.7 Å². The summed E-state index contributed by atoms with van der Waals surface area (Å²) in [5.41, 5.74) is 5.64. The van der Waals surface area contributed by atoms with E-state index >= 15 is 0 Å². The van der Waals surface area contributed by atoms with Crippen LogP contribution in [-0.2, 0) is 39.1 Å². The van der Waals surface area contributed by atoms with Gasteiger partial charge in [-0.05, 0) is 122 Å². The molecular weight excluding hydrogens is 794 g/mol. The molecule has 6 rings (SSSR count). The second kappa shape index (κ2) is 22.0. The van der Waals surface area contributed by atoms with Crippen LogP contribution in [0.25, 0.3) is 11.1 Å². The van der Waals surface area contributed by atoms with Gasteiger partial charge in [0.15, 0.2) is 0 Å². The number of halogens is 3. The van der Waals surface area contributed by atoms with Gasteiger partial charge in [-0.2, -0.15) is 13.2 Å². The number of sulfonamides is 1. The van der Waals surface area contributed by atoms with Gasteiger partial charge in [0.25, 0.3) is 5.91 Å². The highest BCUT2D eigenvalue weighted by atomic mass is 32.2. The van der Waals surface area contributed by atoms with Crippen molar-refractivity contribution in [2.45, 2.75) is 88.4 Å². The number of nitrogens with one attached hydrogen (secondary N) is 1. The van der Waals surface area contributed by atoms with Crippen molar-refractivity contribution >= 4 is 27.8 Å². The van der Waals surface area contributed by atoms with Gasteiger partial charge in [0.05, 0.1) is 4.90 Å². The quantitative estimate of drug-likeness (QED) is 0.109. The fourth-order valence-corrected chi connectivity index (χ4v) is 8.37. The summed E-state index contributed by atoms with van der Waals surface area (Å²) in [6.07, 6.45) is 5.55. The van der Waals surface area contributed by atoms with Crippen molar-refractivity contribution in [3.8, 4) is 11.1 Å². The Morgan fingerprint density at radius 1 is 0.733 bits per heavy atom. The molecule has 0 aromatic heterocycles. The fraction of sp³-hybridized carbons (Fsp3) is 0.413. The molecule has 10 nitrogen and oxygen atoms in total. The Bertz CT molecular complexity index is 2120. The first kappa shape index (κ1) is 46.0. The second-order valence-electron chi connectivity index (χ2n) is 15.7. The van der Waals surface area contributed by atoms with Gasteiger partial charge in [-0.15, -0.1) is 0 Å². The number of aryl methyl sites for hydroxylation is 1. The first-order valence-electron chi connectivity index (χ1n) is 20.6. The largest absolute Gasteiger partial charge is 0.490 e. The third-order valence-corrected chi connectivity index (χ3v) is 12.2. The number of hydrogen-bond acceptors (Lipinski definition) is 6. The van der Waals surface area contributed by atoms with Crippen LogP contribution in [0.5, 0.6) is 0 Å². The third kappa shape index (κ3) is 14.6. The van der Waals surface area contributed by atoms with E-state index in [4.69, 9.17) is 15.0 Å². The molecule has 2 aliphatic rings. The molecule has 4 N–H and O–H groups in total. The van der Waals surface area contributed by atoms with E-state index in [2.05, 4.69) is 23.5 Å². The molecule has 2 saturated heterocycles. The van der Waals surface area contributed by atoms with Gasteiger partial charge in [0, 0.05) is 38.2 Å². The van der Waals surface area contributed by atoms with Gasteiger partial charge in [-0.3, -0.25) is 9.59 Å². The average Bonchev–Trinajstić information content (AvgIpc) is 3.24. The highest BCUT2D eigenvalue weighted by Gasteiger charge is 2.38. The molecule has 0 unspecified atom stereocenters. The molecule has 4 aromatic rings.